The zero-order chi connectivity index (χ0) is 10.3. The van der Waals surface area contributed by atoms with E-state index in [1.54, 1.807) is 24.5 Å². The molecule has 1 aromatic heterocycles. The van der Waals surface area contributed by atoms with Gasteiger partial charge in [0.15, 0.2) is 5.82 Å². The van der Waals surface area contributed by atoms with Gasteiger partial charge in [0.05, 0.1) is 11.6 Å². The summed E-state index contributed by atoms with van der Waals surface area (Å²) < 4.78 is 15.2. The molecule has 0 N–H and O–H groups in total. The summed E-state index contributed by atoms with van der Waals surface area (Å²) in [6, 6.07) is 7.06. The minimum atomic E-state index is -0.272. The van der Waals surface area contributed by atoms with E-state index in [9.17, 15) is 4.39 Å². The van der Waals surface area contributed by atoms with E-state index in [0.29, 0.717) is 17.4 Å². The monoisotopic (exact) mass is 203 g/mol. The predicted molar refractivity (Wildman–Crippen MR) is 53.7 cm³/mol. The highest BCUT2D eigenvalue weighted by Gasteiger charge is 2.25. The van der Waals surface area contributed by atoms with Gasteiger partial charge in [0.2, 0.25) is 0 Å². The van der Waals surface area contributed by atoms with Crippen molar-refractivity contribution in [2.75, 3.05) is 0 Å². The molecule has 0 unspecified atom stereocenters. The number of aromatic nitrogens is 3. The number of benzene rings is 1. The van der Waals surface area contributed by atoms with Crippen LogP contribution in [-0.2, 0) is 0 Å². The zero-order valence-corrected chi connectivity index (χ0v) is 8.10. The lowest BCUT2D eigenvalue weighted by Crippen LogP contribution is -1.94. The van der Waals surface area contributed by atoms with Crippen LogP contribution in [0.3, 0.4) is 0 Å². The van der Waals surface area contributed by atoms with Gasteiger partial charge in [-0.05, 0) is 25.0 Å². The van der Waals surface area contributed by atoms with Crippen LogP contribution in [0.15, 0.2) is 30.6 Å². The Bertz CT molecular complexity index is 488. The van der Waals surface area contributed by atoms with Crippen molar-refractivity contribution in [1.29, 1.82) is 0 Å². The van der Waals surface area contributed by atoms with E-state index in [-0.39, 0.29) is 5.82 Å². The van der Waals surface area contributed by atoms with Crippen LogP contribution in [0, 0.1) is 5.82 Å². The minimum Gasteiger partial charge on any atom is -0.249 e. The standard InChI is InChI=1S/C11H10FN3/c12-10-4-2-1-3-9(10)11-13-7-15(14-11)8-5-6-8/h1-4,7-8H,5-6H2. The number of hydrogen-bond acceptors (Lipinski definition) is 2. The lowest BCUT2D eigenvalue weighted by Gasteiger charge is -1.96. The van der Waals surface area contributed by atoms with Crippen LogP contribution in [0.1, 0.15) is 18.9 Å². The molecule has 0 radical (unpaired) electrons. The fraction of sp³-hybridized carbons (Fsp3) is 0.273. The van der Waals surface area contributed by atoms with Crippen molar-refractivity contribution in [3.8, 4) is 11.4 Å². The average molecular weight is 203 g/mol. The van der Waals surface area contributed by atoms with Gasteiger partial charge in [0.1, 0.15) is 12.1 Å². The molecule has 1 heterocycles. The summed E-state index contributed by atoms with van der Waals surface area (Å²) in [4.78, 5) is 4.12. The second kappa shape index (κ2) is 3.15. The first kappa shape index (κ1) is 8.59. The van der Waals surface area contributed by atoms with E-state index in [2.05, 4.69) is 10.1 Å². The Morgan fingerprint density at radius 3 is 2.80 bits per heavy atom. The summed E-state index contributed by atoms with van der Waals surface area (Å²) in [6.07, 6.45) is 3.99. The Labute approximate surface area is 86.6 Å². The van der Waals surface area contributed by atoms with Gasteiger partial charge in [-0.2, -0.15) is 5.10 Å². The molecular weight excluding hydrogens is 193 g/mol. The van der Waals surface area contributed by atoms with E-state index in [1.807, 2.05) is 4.68 Å². The normalized spacial score (nSPS) is 15.5. The number of hydrogen-bond donors (Lipinski definition) is 0. The fourth-order valence-corrected chi connectivity index (χ4v) is 1.56. The minimum absolute atomic E-state index is 0.272. The topological polar surface area (TPSA) is 30.7 Å². The summed E-state index contributed by atoms with van der Waals surface area (Å²) in [5, 5.41) is 4.27. The molecule has 4 heteroatoms. The smallest absolute Gasteiger partial charge is 0.184 e. The molecule has 1 saturated carbocycles. The third-order valence-corrected chi connectivity index (χ3v) is 2.54. The summed E-state index contributed by atoms with van der Waals surface area (Å²) in [5.41, 5.74) is 0.469. The van der Waals surface area contributed by atoms with Crippen molar-refractivity contribution in [1.82, 2.24) is 14.8 Å². The lowest BCUT2D eigenvalue weighted by molar-refractivity contribution is 0.624. The summed E-state index contributed by atoms with van der Waals surface area (Å²) in [7, 11) is 0. The number of halogens is 1. The zero-order valence-electron chi connectivity index (χ0n) is 8.10. The first-order chi connectivity index (χ1) is 7.34. The van der Waals surface area contributed by atoms with Gasteiger partial charge in [-0.1, -0.05) is 12.1 Å². The molecule has 2 aromatic rings. The molecule has 0 spiro atoms. The van der Waals surface area contributed by atoms with Gasteiger partial charge in [-0.3, -0.25) is 0 Å². The molecule has 0 saturated heterocycles. The van der Waals surface area contributed by atoms with Crippen molar-refractivity contribution in [2.45, 2.75) is 18.9 Å². The third-order valence-electron chi connectivity index (χ3n) is 2.54. The second-order valence-electron chi connectivity index (χ2n) is 3.76. The lowest BCUT2D eigenvalue weighted by atomic mass is 10.2. The molecule has 3 rings (SSSR count). The van der Waals surface area contributed by atoms with Crippen LogP contribution in [0.5, 0.6) is 0 Å². The Kier molecular flexibility index (Phi) is 1.80. The molecule has 1 aromatic carbocycles. The maximum atomic E-state index is 13.4. The van der Waals surface area contributed by atoms with Crippen LogP contribution >= 0.6 is 0 Å². The quantitative estimate of drug-likeness (QED) is 0.750. The van der Waals surface area contributed by atoms with Gasteiger partial charge in [-0.15, -0.1) is 0 Å². The average Bonchev–Trinajstić information content (AvgIpc) is 2.99. The Morgan fingerprint density at radius 2 is 2.07 bits per heavy atom. The van der Waals surface area contributed by atoms with Gasteiger partial charge >= 0.3 is 0 Å². The highest BCUT2D eigenvalue weighted by atomic mass is 19.1. The van der Waals surface area contributed by atoms with E-state index < -0.39 is 0 Å². The van der Waals surface area contributed by atoms with Crippen LogP contribution in [0.2, 0.25) is 0 Å². The van der Waals surface area contributed by atoms with E-state index in [0.717, 1.165) is 12.8 Å². The van der Waals surface area contributed by atoms with Crippen molar-refractivity contribution < 1.29 is 4.39 Å². The number of nitrogens with zero attached hydrogens (tertiary/aromatic N) is 3. The van der Waals surface area contributed by atoms with Crippen LogP contribution in [0.4, 0.5) is 4.39 Å². The second-order valence-corrected chi connectivity index (χ2v) is 3.76. The predicted octanol–water partition coefficient (Wildman–Crippen LogP) is 2.42. The highest BCUT2D eigenvalue weighted by molar-refractivity contribution is 5.54. The molecule has 1 fully saturated rings. The van der Waals surface area contributed by atoms with Gasteiger partial charge < -0.3 is 0 Å². The van der Waals surface area contributed by atoms with Crippen LogP contribution < -0.4 is 0 Å². The molecular formula is C11H10FN3. The summed E-state index contributed by atoms with van der Waals surface area (Å²) >= 11 is 0. The molecule has 3 nitrogen and oxygen atoms in total. The molecule has 0 aliphatic heterocycles. The maximum Gasteiger partial charge on any atom is 0.184 e. The van der Waals surface area contributed by atoms with Crippen molar-refractivity contribution in [3.05, 3.63) is 36.4 Å². The maximum absolute atomic E-state index is 13.4. The molecule has 15 heavy (non-hydrogen) atoms. The summed E-state index contributed by atoms with van der Waals surface area (Å²) in [5.74, 6) is 0.200. The Hall–Kier alpha value is -1.71. The van der Waals surface area contributed by atoms with E-state index >= 15 is 0 Å². The highest BCUT2D eigenvalue weighted by Crippen LogP contribution is 2.34. The molecule has 0 atom stereocenters. The van der Waals surface area contributed by atoms with Crippen molar-refractivity contribution in [2.24, 2.45) is 0 Å². The first-order valence-electron chi connectivity index (χ1n) is 5.00. The van der Waals surface area contributed by atoms with E-state index in [1.165, 1.54) is 6.07 Å². The summed E-state index contributed by atoms with van der Waals surface area (Å²) in [6.45, 7) is 0. The molecule has 1 aliphatic rings. The SMILES string of the molecule is Fc1ccccc1-c1ncn(C2CC2)n1. The first-order valence-corrected chi connectivity index (χ1v) is 5.00. The number of rotatable bonds is 2. The fourth-order valence-electron chi connectivity index (χ4n) is 1.56. The van der Waals surface area contributed by atoms with Crippen molar-refractivity contribution in [3.63, 3.8) is 0 Å². The Morgan fingerprint density at radius 1 is 1.27 bits per heavy atom. The van der Waals surface area contributed by atoms with Gasteiger partial charge in [0, 0.05) is 0 Å². The molecule has 76 valence electrons. The third kappa shape index (κ3) is 1.52. The van der Waals surface area contributed by atoms with Gasteiger partial charge in [-0.25, -0.2) is 14.1 Å². The molecule has 1 aliphatic carbocycles. The van der Waals surface area contributed by atoms with Crippen LogP contribution in [-0.4, -0.2) is 14.8 Å². The molecule has 0 amide bonds. The van der Waals surface area contributed by atoms with Gasteiger partial charge in [0.25, 0.3) is 0 Å². The largest absolute Gasteiger partial charge is 0.249 e. The van der Waals surface area contributed by atoms with Crippen molar-refractivity contribution >= 4 is 0 Å². The van der Waals surface area contributed by atoms with Crippen LogP contribution in [0.25, 0.3) is 11.4 Å². The Balaban J connectivity index is 2.01. The molecule has 0 bridgehead atoms. The van der Waals surface area contributed by atoms with E-state index in [4.69, 9.17) is 0 Å².